The van der Waals surface area contributed by atoms with Gasteiger partial charge in [-0.05, 0) is 17.5 Å². The summed E-state index contributed by atoms with van der Waals surface area (Å²) < 4.78 is 1.19. The van der Waals surface area contributed by atoms with Crippen molar-refractivity contribution in [2.24, 2.45) is 0 Å². The average Bonchev–Trinajstić information content (AvgIpc) is 2.94. The second kappa shape index (κ2) is 5.54. The van der Waals surface area contributed by atoms with Gasteiger partial charge in [-0.2, -0.15) is 0 Å². The number of nitrogens with one attached hydrogen (secondary N) is 2. The zero-order chi connectivity index (χ0) is 13.1. The largest absolute Gasteiger partial charge is 0.360 e. The maximum Gasteiger partial charge on any atom is 0.242 e. The van der Waals surface area contributed by atoms with E-state index in [1.807, 2.05) is 22.4 Å². The van der Waals surface area contributed by atoms with Crippen LogP contribution in [0.15, 0.2) is 23.7 Å². The standard InChI is InChI=1S/C13H16N4OS/c18-12(17-6-4-14-5-7-17)9-16-13-10-2-8-19-11(10)1-3-15-13/h1-3,8,14H,4-7,9H2,(H,15,16). The van der Waals surface area contributed by atoms with Crippen LogP contribution in [0, 0.1) is 0 Å². The maximum absolute atomic E-state index is 12.1. The van der Waals surface area contributed by atoms with Crippen LogP contribution in [0.1, 0.15) is 0 Å². The third kappa shape index (κ3) is 2.69. The summed E-state index contributed by atoms with van der Waals surface area (Å²) in [5.41, 5.74) is 0. The Morgan fingerprint density at radius 1 is 1.42 bits per heavy atom. The second-order valence-corrected chi connectivity index (χ2v) is 5.42. The van der Waals surface area contributed by atoms with Gasteiger partial charge in [-0.3, -0.25) is 4.79 Å². The van der Waals surface area contributed by atoms with Gasteiger partial charge in [0.2, 0.25) is 5.91 Å². The van der Waals surface area contributed by atoms with Crippen molar-refractivity contribution in [3.05, 3.63) is 23.7 Å². The van der Waals surface area contributed by atoms with E-state index in [0.717, 1.165) is 37.4 Å². The summed E-state index contributed by atoms with van der Waals surface area (Å²) in [4.78, 5) is 18.3. The predicted molar refractivity (Wildman–Crippen MR) is 77.6 cm³/mol. The van der Waals surface area contributed by atoms with Gasteiger partial charge in [-0.15, -0.1) is 11.3 Å². The molecule has 1 saturated heterocycles. The van der Waals surface area contributed by atoms with Crippen molar-refractivity contribution in [1.29, 1.82) is 0 Å². The van der Waals surface area contributed by atoms with Crippen LogP contribution >= 0.6 is 11.3 Å². The van der Waals surface area contributed by atoms with Crippen LogP contribution in [-0.4, -0.2) is 48.5 Å². The molecule has 1 fully saturated rings. The number of amides is 1. The number of piperazine rings is 1. The van der Waals surface area contributed by atoms with Crippen molar-refractivity contribution in [1.82, 2.24) is 15.2 Å². The first kappa shape index (κ1) is 12.4. The van der Waals surface area contributed by atoms with Crippen molar-refractivity contribution in [2.75, 3.05) is 38.0 Å². The summed E-state index contributed by atoms with van der Waals surface area (Å²) in [5, 5.41) is 9.51. The first-order chi connectivity index (χ1) is 9.34. The average molecular weight is 276 g/mol. The molecule has 2 N–H and O–H groups in total. The van der Waals surface area contributed by atoms with Crippen LogP contribution in [0.4, 0.5) is 5.82 Å². The fraction of sp³-hybridized carbons (Fsp3) is 0.385. The van der Waals surface area contributed by atoms with Gasteiger partial charge in [0.15, 0.2) is 0 Å². The number of hydrogen-bond acceptors (Lipinski definition) is 5. The lowest BCUT2D eigenvalue weighted by Gasteiger charge is -2.27. The molecule has 0 aliphatic carbocycles. The van der Waals surface area contributed by atoms with E-state index < -0.39 is 0 Å². The van der Waals surface area contributed by atoms with E-state index >= 15 is 0 Å². The minimum absolute atomic E-state index is 0.135. The summed E-state index contributed by atoms with van der Waals surface area (Å²) in [5.74, 6) is 0.928. The summed E-state index contributed by atoms with van der Waals surface area (Å²) in [6.07, 6.45) is 1.77. The Morgan fingerprint density at radius 3 is 3.11 bits per heavy atom. The van der Waals surface area contributed by atoms with Gasteiger partial charge < -0.3 is 15.5 Å². The van der Waals surface area contributed by atoms with Crippen LogP contribution in [0.2, 0.25) is 0 Å². The predicted octanol–water partition coefficient (Wildman–Crippen LogP) is 1.14. The normalized spacial score (nSPS) is 15.7. The maximum atomic E-state index is 12.1. The lowest BCUT2D eigenvalue weighted by molar-refractivity contribution is -0.129. The summed E-state index contributed by atoms with van der Waals surface area (Å²) >= 11 is 1.68. The van der Waals surface area contributed by atoms with E-state index in [1.54, 1.807) is 17.5 Å². The van der Waals surface area contributed by atoms with E-state index in [-0.39, 0.29) is 5.91 Å². The topological polar surface area (TPSA) is 57.3 Å². The summed E-state index contributed by atoms with van der Waals surface area (Å²) in [7, 11) is 0. The Hall–Kier alpha value is -1.66. The Labute approximate surface area is 115 Å². The van der Waals surface area contributed by atoms with Gasteiger partial charge in [0.25, 0.3) is 0 Å². The summed E-state index contributed by atoms with van der Waals surface area (Å²) in [6, 6.07) is 4.02. The smallest absolute Gasteiger partial charge is 0.242 e. The number of hydrogen-bond donors (Lipinski definition) is 2. The zero-order valence-corrected chi connectivity index (χ0v) is 11.4. The summed E-state index contributed by atoms with van der Waals surface area (Å²) in [6.45, 7) is 3.64. The highest BCUT2D eigenvalue weighted by Crippen LogP contribution is 2.25. The molecule has 1 amide bonds. The van der Waals surface area contributed by atoms with Crippen molar-refractivity contribution in [3.8, 4) is 0 Å². The first-order valence-electron chi connectivity index (χ1n) is 6.39. The van der Waals surface area contributed by atoms with E-state index in [2.05, 4.69) is 15.6 Å². The van der Waals surface area contributed by atoms with Crippen molar-refractivity contribution < 1.29 is 4.79 Å². The molecular weight excluding hydrogens is 260 g/mol. The highest BCUT2D eigenvalue weighted by Gasteiger charge is 2.16. The van der Waals surface area contributed by atoms with E-state index in [9.17, 15) is 4.79 Å². The molecule has 3 rings (SSSR count). The van der Waals surface area contributed by atoms with E-state index in [0.29, 0.717) is 6.54 Å². The molecule has 3 heterocycles. The number of carbonyl (C=O) groups is 1. The van der Waals surface area contributed by atoms with Gasteiger partial charge in [-0.25, -0.2) is 4.98 Å². The number of rotatable bonds is 3. The first-order valence-corrected chi connectivity index (χ1v) is 7.27. The van der Waals surface area contributed by atoms with Crippen molar-refractivity contribution >= 4 is 33.1 Å². The SMILES string of the molecule is O=C(CNc1nccc2sccc12)N1CCNCC1. The number of thiophene rings is 1. The molecule has 0 saturated carbocycles. The Bertz CT molecular complexity index is 577. The van der Waals surface area contributed by atoms with Crippen LogP contribution in [0.5, 0.6) is 0 Å². The molecule has 0 aromatic carbocycles. The molecule has 1 aliphatic rings. The molecule has 0 spiro atoms. The molecule has 2 aromatic heterocycles. The van der Waals surface area contributed by atoms with Gasteiger partial charge in [0.1, 0.15) is 5.82 Å². The molecule has 19 heavy (non-hydrogen) atoms. The van der Waals surface area contributed by atoms with Gasteiger partial charge in [0.05, 0.1) is 6.54 Å². The van der Waals surface area contributed by atoms with Crippen LogP contribution in [-0.2, 0) is 4.79 Å². The number of anilines is 1. The van der Waals surface area contributed by atoms with Gasteiger partial charge in [-0.1, -0.05) is 0 Å². The molecule has 1 aliphatic heterocycles. The van der Waals surface area contributed by atoms with Crippen molar-refractivity contribution in [3.63, 3.8) is 0 Å². The lowest BCUT2D eigenvalue weighted by atomic mass is 10.3. The number of pyridine rings is 1. The monoisotopic (exact) mass is 276 g/mol. The Kier molecular flexibility index (Phi) is 3.61. The van der Waals surface area contributed by atoms with Gasteiger partial charge in [0, 0.05) is 42.5 Å². The Morgan fingerprint density at radius 2 is 2.26 bits per heavy atom. The molecule has 5 nitrogen and oxygen atoms in total. The fourth-order valence-electron chi connectivity index (χ4n) is 2.22. The molecule has 6 heteroatoms. The van der Waals surface area contributed by atoms with Crippen LogP contribution in [0.25, 0.3) is 10.1 Å². The molecule has 0 bridgehead atoms. The van der Waals surface area contributed by atoms with Crippen molar-refractivity contribution in [2.45, 2.75) is 0 Å². The molecule has 0 radical (unpaired) electrons. The fourth-order valence-corrected chi connectivity index (χ4v) is 3.00. The minimum Gasteiger partial charge on any atom is -0.360 e. The number of nitrogens with zero attached hydrogens (tertiary/aromatic N) is 2. The van der Waals surface area contributed by atoms with E-state index in [4.69, 9.17) is 0 Å². The van der Waals surface area contributed by atoms with Crippen LogP contribution in [0.3, 0.4) is 0 Å². The molecule has 100 valence electrons. The third-order valence-electron chi connectivity index (χ3n) is 3.26. The molecule has 0 unspecified atom stereocenters. The number of fused-ring (bicyclic) bond motifs is 1. The zero-order valence-electron chi connectivity index (χ0n) is 10.6. The minimum atomic E-state index is 0.135. The molecule has 2 aromatic rings. The lowest BCUT2D eigenvalue weighted by Crippen LogP contribution is -2.48. The molecular formula is C13H16N4OS. The highest BCUT2D eigenvalue weighted by atomic mass is 32.1. The third-order valence-corrected chi connectivity index (χ3v) is 4.14. The number of aromatic nitrogens is 1. The second-order valence-electron chi connectivity index (χ2n) is 4.48. The highest BCUT2D eigenvalue weighted by molar-refractivity contribution is 7.17. The van der Waals surface area contributed by atoms with Gasteiger partial charge >= 0.3 is 0 Å². The quantitative estimate of drug-likeness (QED) is 0.882. The number of carbonyl (C=O) groups excluding carboxylic acids is 1. The molecule has 0 atom stereocenters. The van der Waals surface area contributed by atoms with E-state index in [1.165, 1.54) is 4.70 Å². The Balaban J connectivity index is 1.65. The van der Waals surface area contributed by atoms with Crippen LogP contribution < -0.4 is 10.6 Å².